The number of para-hydroxylation sites is 1. The summed E-state index contributed by atoms with van der Waals surface area (Å²) < 4.78 is 13.8. The maximum atomic E-state index is 6.06. The molecule has 0 amide bonds. The zero-order chi connectivity index (χ0) is 22.9. The summed E-state index contributed by atoms with van der Waals surface area (Å²) >= 11 is 1.62. The van der Waals surface area contributed by atoms with Gasteiger partial charge in [-0.2, -0.15) is 0 Å². The van der Waals surface area contributed by atoms with E-state index >= 15 is 0 Å². The third-order valence-electron chi connectivity index (χ3n) is 6.03. The van der Waals surface area contributed by atoms with Crippen LogP contribution in [0.1, 0.15) is 35.9 Å². The van der Waals surface area contributed by atoms with Crippen LogP contribution in [0.15, 0.2) is 74.8 Å². The van der Waals surface area contributed by atoms with E-state index in [1.54, 1.807) is 11.8 Å². The second-order valence-corrected chi connectivity index (χ2v) is 9.23. The first kappa shape index (κ1) is 20.9. The van der Waals surface area contributed by atoms with Crippen molar-refractivity contribution in [2.45, 2.75) is 43.5 Å². The van der Waals surface area contributed by atoms with Crippen LogP contribution in [-0.2, 0) is 18.6 Å². The number of rotatable bonds is 6. The van der Waals surface area contributed by atoms with Crippen LogP contribution >= 0.6 is 11.8 Å². The average Bonchev–Trinajstić information content (AvgIpc) is 3.60. The molecule has 0 saturated carbocycles. The number of benzene rings is 2. The Hall–Kier alpha value is -3.65. The van der Waals surface area contributed by atoms with E-state index in [1.165, 1.54) is 24.2 Å². The lowest BCUT2D eigenvalue weighted by atomic mass is 10.0. The Morgan fingerprint density at radius 3 is 2.53 bits per heavy atom. The second kappa shape index (κ2) is 8.95. The zero-order valence-corrected chi connectivity index (χ0v) is 19.6. The van der Waals surface area contributed by atoms with Crippen LogP contribution in [0.25, 0.3) is 28.4 Å². The van der Waals surface area contributed by atoms with Crippen molar-refractivity contribution in [3.05, 3.63) is 83.7 Å². The molecule has 0 unspecified atom stereocenters. The fourth-order valence-electron chi connectivity index (χ4n) is 4.41. The quantitative estimate of drug-likeness (QED) is 0.280. The Bertz CT molecular complexity index is 1420. The lowest BCUT2D eigenvalue weighted by Gasteiger charge is -2.15. The first-order valence-electron chi connectivity index (χ1n) is 11.4. The van der Waals surface area contributed by atoms with E-state index in [1.807, 2.05) is 43.3 Å². The number of thioether (sulfide) groups is 1. The monoisotopic (exact) mass is 469 g/mol. The van der Waals surface area contributed by atoms with Gasteiger partial charge in [-0.25, -0.2) is 4.98 Å². The maximum absolute atomic E-state index is 6.06. The molecule has 3 aromatic heterocycles. The molecular formula is C26H23N5O2S. The first-order valence-corrected chi connectivity index (χ1v) is 12.4. The molecule has 0 N–H and O–H groups in total. The molecular weight excluding hydrogens is 446 g/mol. The Morgan fingerprint density at radius 1 is 0.941 bits per heavy atom. The molecule has 0 aliphatic heterocycles. The highest BCUT2D eigenvalue weighted by Crippen LogP contribution is 2.35. The molecule has 8 heteroatoms. The average molecular weight is 470 g/mol. The lowest BCUT2D eigenvalue weighted by molar-refractivity contribution is 0.399. The molecule has 1 aliphatic rings. The highest BCUT2D eigenvalue weighted by atomic mass is 32.2. The van der Waals surface area contributed by atoms with Crippen LogP contribution in [0.3, 0.4) is 0 Å². The van der Waals surface area contributed by atoms with Crippen molar-refractivity contribution in [1.29, 1.82) is 0 Å². The fraction of sp³-hybridized carbons (Fsp3) is 0.231. The van der Waals surface area contributed by atoms with E-state index < -0.39 is 0 Å². The first-order chi connectivity index (χ1) is 16.8. The molecule has 170 valence electrons. The summed E-state index contributed by atoms with van der Waals surface area (Å²) in [6, 6.07) is 20.3. The number of hydrogen-bond donors (Lipinski definition) is 0. The molecule has 0 saturated heterocycles. The molecule has 2 aromatic carbocycles. The van der Waals surface area contributed by atoms with Crippen LogP contribution in [0, 0.1) is 6.92 Å². The normalized spacial score (nSPS) is 13.2. The number of hydrogen-bond acceptors (Lipinski definition) is 7. The summed E-state index contributed by atoms with van der Waals surface area (Å²) in [5, 5.41) is 13.8. The number of aromatic nitrogens is 5. The highest BCUT2D eigenvalue weighted by molar-refractivity contribution is 7.98. The standard InChI is InChI=1S/C26H23N5O2S/c1-17-23(24(30-33-17)18-10-4-2-5-11-18)25-29-28-22(32-25)16-34-26-27-20-14-8-9-15-21(20)31(26)19-12-6-3-7-13-19/h2-7,10-13H,8-9,14-16H2,1H3. The van der Waals surface area contributed by atoms with Crippen LogP contribution in [0.4, 0.5) is 0 Å². The summed E-state index contributed by atoms with van der Waals surface area (Å²) in [5.41, 5.74) is 6.04. The summed E-state index contributed by atoms with van der Waals surface area (Å²) in [5.74, 6) is 2.13. The van der Waals surface area contributed by atoms with Crippen molar-refractivity contribution >= 4 is 11.8 Å². The molecule has 0 bridgehead atoms. The van der Waals surface area contributed by atoms with Crippen LogP contribution in [-0.4, -0.2) is 24.9 Å². The minimum Gasteiger partial charge on any atom is -0.420 e. The smallest absolute Gasteiger partial charge is 0.253 e. The maximum Gasteiger partial charge on any atom is 0.253 e. The predicted octanol–water partition coefficient (Wildman–Crippen LogP) is 6.06. The van der Waals surface area contributed by atoms with Gasteiger partial charge in [-0.15, -0.1) is 10.2 Å². The van der Waals surface area contributed by atoms with Crippen LogP contribution in [0.2, 0.25) is 0 Å². The van der Waals surface area contributed by atoms with Gasteiger partial charge in [0.05, 0.1) is 11.4 Å². The Balaban J connectivity index is 1.28. The minimum absolute atomic E-state index is 0.416. The molecule has 0 spiro atoms. The lowest BCUT2D eigenvalue weighted by Crippen LogP contribution is -2.07. The molecule has 0 fully saturated rings. The van der Waals surface area contributed by atoms with Crippen molar-refractivity contribution in [2.75, 3.05) is 0 Å². The fourth-order valence-corrected chi connectivity index (χ4v) is 5.30. The van der Waals surface area contributed by atoms with Crippen LogP contribution < -0.4 is 0 Å². The SMILES string of the molecule is Cc1onc(-c2ccccc2)c1-c1nnc(CSc2nc3c(n2-c2ccccc2)CCCC3)o1. The van der Waals surface area contributed by atoms with E-state index in [-0.39, 0.29) is 0 Å². The van der Waals surface area contributed by atoms with E-state index in [0.717, 1.165) is 34.8 Å². The number of nitrogens with zero attached hydrogens (tertiary/aromatic N) is 5. The van der Waals surface area contributed by atoms with E-state index in [0.29, 0.717) is 29.0 Å². The third-order valence-corrected chi connectivity index (χ3v) is 6.96. The van der Waals surface area contributed by atoms with Gasteiger partial charge >= 0.3 is 0 Å². The van der Waals surface area contributed by atoms with Gasteiger partial charge in [-0.1, -0.05) is 65.4 Å². The van der Waals surface area contributed by atoms with Gasteiger partial charge in [0.2, 0.25) is 5.89 Å². The van der Waals surface area contributed by atoms with Crippen molar-refractivity contribution in [3.63, 3.8) is 0 Å². The van der Waals surface area contributed by atoms with Gasteiger partial charge in [0.15, 0.2) is 5.16 Å². The molecule has 5 aromatic rings. The number of fused-ring (bicyclic) bond motifs is 1. The van der Waals surface area contributed by atoms with Gasteiger partial charge < -0.3 is 8.94 Å². The van der Waals surface area contributed by atoms with Gasteiger partial charge in [-0.05, 0) is 44.7 Å². The third kappa shape index (κ3) is 3.84. The van der Waals surface area contributed by atoms with E-state index in [4.69, 9.17) is 13.9 Å². The van der Waals surface area contributed by atoms with Crippen molar-refractivity contribution in [2.24, 2.45) is 0 Å². The van der Waals surface area contributed by atoms with Crippen molar-refractivity contribution in [3.8, 4) is 28.4 Å². The summed E-state index contributed by atoms with van der Waals surface area (Å²) in [6.07, 6.45) is 4.47. The summed E-state index contributed by atoms with van der Waals surface area (Å²) in [6.45, 7) is 1.86. The Morgan fingerprint density at radius 2 is 1.71 bits per heavy atom. The van der Waals surface area contributed by atoms with Gasteiger partial charge in [0, 0.05) is 16.9 Å². The van der Waals surface area contributed by atoms with Gasteiger partial charge in [0.1, 0.15) is 17.0 Å². The van der Waals surface area contributed by atoms with Crippen LogP contribution in [0.5, 0.6) is 0 Å². The number of imidazole rings is 1. The molecule has 6 rings (SSSR count). The highest BCUT2D eigenvalue weighted by Gasteiger charge is 2.24. The predicted molar refractivity (Wildman–Crippen MR) is 130 cm³/mol. The van der Waals surface area contributed by atoms with E-state index in [2.05, 4.69) is 44.2 Å². The Kier molecular flexibility index (Phi) is 5.50. The zero-order valence-electron chi connectivity index (χ0n) is 18.8. The summed E-state index contributed by atoms with van der Waals surface area (Å²) in [4.78, 5) is 4.98. The Labute approximate surface area is 201 Å². The topological polar surface area (TPSA) is 82.8 Å². The number of aryl methyl sites for hydroxylation is 2. The van der Waals surface area contributed by atoms with Gasteiger partial charge in [0.25, 0.3) is 5.89 Å². The summed E-state index contributed by atoms with van der Waals surface area (Å²) in [7, 11) is 0. The molecule has 1 aliphatic carbocycles. The largest absolute Gasteiger partial charge is 0.420 e. The minimum atomic E-state index is 0.416. The van der Waals surface area contributed by atoms with Gasteiger partial charge in [-0.3, -0.25) is 4.57 Å². The molecule has 3 heterocycles. The van der Waals surface area contributed by atoms with Crippen molar-refractivity contribution in [1.82, 2.24) is 24.9 Å². The molecule has 7 nitrogen and oxygen atoms in total. The molecule has 34 heavy (non-hydrogen) atoms. The second-order valence-electron chi connectivity index (χ2n) is 8.28. The van der Waals surface area contributed by atoms with E-state index in [9.17, 15) is 0 Å². The molecule has 0 radical (unpaired) electrons. The van der Waals surface area contributed by atoms with Crippen molar-refractivity contribution < 1.29 is 8.94 Å². The molecule has 0 atom stereocenters.